The van der Waals surface area contributed by atoms with Gasteiger partial charge in [0.1, 0.15) is 11.6 Å². The molecule has 7 rings (SSSR count). The number of nitrogens with one attached hydrogen (secondary N) is 2. The largest absolute Gasteiger partial charge is 0.367 e. The highest BCUT2D eigenvalue weighted by Gasteiger charge is 2.45. The normalized spacial score (nSPS) is 18.1. The highest BCUT2D eigenvalue weighted by atomic mass is 19.1. The summed E-state index contributed by atoms with van der Waals surface area (Å²) in [6, 6.07) is 16.2. The summed E-state index contributed by atoms with van der Waals surface area (Å²) >= 11 is 0. The summed E-state index contributed by atoms with van der Waals surface area (Å²) in [6.45, 7) is 1.72. The van der Waals surface area contributed by atoms with Gasteiger partial charge in [0.2, 0.25) is 5.91 Å². The molecule has 10 nitrogen and oxygen atoms in total. The molecule has 2 N–H and O–H groups in total. The van der Waals surface area contributed by atoms with Crippen LogP contribution in [0.5, 0.6) is 0 Å². The molecule has 5 aromatic rings. The van der Waals surface area contributed by atoms with Crippen molar-refractivity contribution in [1.82, 2.24) is 30.0 Å². The first-order chi connectivity index (χ1) is 23.7. The molecule has 2 aliphatic rings. The van der Waals surface area contributed by atoms with Gasteiger partial charge in [0, 0.05) is 49.9 Å². The molecular formula is C36H32F3N7O3. The molecule has 0 spiro atoms. The number of amides is 2. The van der Waals surface area contributed by atoms with Crippen molar-refractivity contribution in [3.8, 4) is 22.6 Å². The van der Waals surface area contributed by atoms with E-state index in [2.05, 4.69) is 25.5 Å². The summed E-state index contributed by atoms with van der Waals surface area (Å²) in [5, 5.41) is 11.1. The standard InChI is InChI=1S/C36H32F3N7O3/c1-49-36(35(48)42-27-7-9-31-29(17-27)33(44-43-31)23-2-5-25(37)6-3-23)12-15-45(21-36)20-32(47)46-13-10-22(11-14-46)24-4-8-28(30(39)16-24)34-40-18-26(38)19-41-34/h2-10,16-19H,11-15,20-21H2,1H3,(H,42,48)(H,43,44)/t36-/m0/s1. The Balaban J connectivity index is 0.965. The molecule has 0 unspecified atom stereocenters. The van der Waals surface area contributed by atoms with E-state index < -0.39 is 17.2 Å². The second-order valence-corrected chi connectivity index (χ2v) is 12.2. The number of nitrogens with zero attached hydrogens (tertiary/aromatic N) is 5. The van der Waals surface area contributed by atoms with Gasteiger partial charge in [0.05, 0.1) is 35.7 Å². The first-order valence-corrected chi connectivity index (χ1v) is 15.8. The van der Waals surface area contributed by atoms with Crippen molar-refractivity contribution in [3.63, 3.8) is 0 Å². The molecule has 0 radical (unpaired) electrons. The van der Waals surface area contributed by atoms with Gasteiger partial charge in [0.15, 0.2) is 17.2 Å². The fraction of sp³-hybridized carbons (Fsp3) is 0.250. The predicted molar refractivity (Wildman–Crippen MR) is 177 cm³/mol. The van der Waals surface area contributed by atoms with E-state index in [0.29, 0.717) is 49.4 Å². The van der Waals surface area contributed by atoms with Gasteiger partial charge in [-0.3, -0.25) is 19.6 Å². The number of aromatic amines is 1. The molecule has 13 heteroatoms. The summed E-state index contributed by atoms with van der Waals surface area (Å²) in [4.78, 5) is 38.3. The highest BCUT2D eigenvalue weighted by molar-refractivity contribution is 6.01. The lowest BCUT2D eigenvalue weighted by Gasteiger charge is -2.30. The number of hydrogen-bond donors (Lipinski definition) is 2. The van der Waals surface area contributed by atoms with Crippen molar-refractivity contribution in [1.29, 1.82) is 0 Å². The minimum absolute atomic E-state index is 0.0728. The Labute approximate surface area is 279 Å². The predicted octanol–water partition coefficient (Wildman–Crippen LogP) is 5.45. The second-order valence-electron chi connectivity index (χ2n) is 12.2. The van der Waals surface area contributed by atoms with Gasteiger partial charge in [-0.15, -0.1) is 0 Å². The maximum atomic E-state index is 14.9. The van der Waals surface area contributed by atoms with Crippen molar-refractivity contribution < 1.29 is 27.5 Å². The number of benzene rings is 3. The average molecular weight is 668 g/mol. The zero-order chi connectivity index (χ0) is 34.1. The van der Waals surface area contributed by atoms with Crippen LogP contribution < -0.4 is 5.32 Å². The zero-order valence-corrected chi connectivity index (χ0v) is 26.6. The fourth-order valence-corrected chi connectivity index (χ4v) is 6.40. The van der Waals surface area contributed by atoms with Crippen LogP contribution in [0.25, 0.3) is 39.1 Å². The Morgan fingerprint density at radius 2 is 1.73 bits per heavy atom. The molecule has 0 bridgehead atoms. The minimum Gasteiger partial charge on any atom is -0.367 e. The molecule has 1 fully saturated rings. The van der Waals surface area contributed by atoms with Crippen molar-refractivity contribution in [2.75, 3.05) is 45.2 Å². The summed E-state index contributed by atoms with van der Waals surface area (Å²) < 4.78 is 47.3. The number of ether oxygens (including phenoxy) is 1. The molecule has 0 aliphatic carbocycles. The van der Waals surface area contributed by atoms with E-state index in [1.807, 2.05) is 23.1 Å². The smallest absolute Gasteiger partial charge is 0.258 e. The number of methoxy groups -OCH3 is 1. The Kier molecular flexibility index (Phi) is 8.69. The molecule has 0 saturated carbocycles. The van der Waals surface area contributed by atoms with E-state index in [9.17, 15) is 22.8 Å². The number of halogens is 3. The number of H-pyrrole nitrogens is 1. The van der Waals surface area contributed by atoms with Gasteiger partial charge >= 0.3 is 0 Å². The number of rotatable bonds is 8. The zero-order valence-electron chi connectivity index (χ0n) is 26.6. The number of carbonyl (C=O) groups is 2. The Morgan fingerprint density at radius 3 is 2.45 bits per heavy atom. The molecule has 1 saturated heterocycles. The van der Waals surface area contributed by atoms with Crippen LogP contribution in [0.2, 0.25) is 0 Å². The molecule has 1 atom stereocenters. The molecule has 4 heterocycles. The van der Waals surface area contributed by atoms with Crippen LogP contribution in [0.15, 0.2) is 79.1 Å². The number of likely N-dealkylation sites (tertiary alicyclic amines) is 1. The van der Waals surface area contributed by atoms with Gasteiger partial charge in [-0.25, -0.2) is 23.1 Å². The summed E-state index contributed by atoms with van der Waals surface area (Å²) in [5.41, 5.74) is 3.36. The van der Waals surface area contributed by atoms with E-state index in [4.69, 9.17) is 4.74 Å². The number of aromatic nitrogens is 4. The van der Waals surface area contributed by atoms with Crippen molar-refractivity contribution in [2.45, 2.75) is 18.4 Å². The van der Waals surface area contributed by atoms with E-state index in [1.54, 1.807) is 35.2 Å². The van der Waals surface area contributed by atoms with Crippen molar-refractivity contribution in [3.05, 3.63) is 102 Å². The third-order valence-corrected chi connectivity index (χ3v) is 9.18. The highest BCUT2D eigenvalue weighted by Crippen LogP contribution is 2.32. The quantitative estimate of drug-likeness (QED) is 0.226. The van der Waals surface area contributed by atoms with E-state index >= 15 is 0 Å². The summed E-state index contributed by atoms with van der Waals surface area (Å²) in [6.07, 6.45) is 4.86. The molecule has 250 valence electrons. The van der Waals surface area contributed by atoms with E-state index in [0.717, 1.165) is 34.4 Å². The number of carbonyl (C=O) groups excluding carboxylic acids is 2. The monoisotopic (exact) mass is 667 g/mol. The lowest BCUT2D eigenvalue weighted by atomic mass is 9.98. The van der Waals surface area contributed by atoms with Gasteiger partial charge in [0.25, 0.3) is 5.91 Å². The van der Waals surface area contributed by atoms with Crippen LogP contribution in [-0.4, -0.2) is 87.2 Å². The van der Waals surface area contributed by atoms with Crippen LogP contribution >= 0.6 is 0 Å². The second kappa shape index (κ2) is 13.2. The third-order valence-electron chi connectivity index (χ3n) is 9.18. The van der Waals surface area contributed by atoms with Crippen LogP contribution in [0, 0.1) is 17.5 Å². The van der Waals surface area contributed by atoms with Gasteiger partial charge < -0.3 is 15.0 Å². The maximum Gasteiger partial charge on any atom is 0.258 e. The SMILES string of the molecule is CO[C@@]1(C(=O)Nc2ccc3[nH]nc(-c4ccc(F)cc4)c3c2)CCN(CC(=O)N2CC=C(c3ccc(-c4ncc(F)cn4)c(F)c3)CC2)C1. The molecule has 2 aliphatic heterocycles. The number of hydrogen-bond acceptors (Lipinski definition) is 7. The lowest BCUT2D eigenvalue weighted by molar-refractivity contribution is -0.138. The topological polar surface area (TPSA) is 116 Å². The maximum absolute atomic E-state index is 14.9. The molecule has 49 heavy (non-hydrogen) atoms. The Hall–Kier alpha value is -5.40. The lowest BCUT2D eigenvalue weighted by Crippen LogP contribution is -2.48. The van der Waals surface area contributed by atoms with Crippen LogP contribution in [0.1, 0.15) is 18.4 Å². The fourth-order valence-electron chi connectivity index (χ4n) is 6.40. The number of fused-ring (bicyclic) bond motifs is 1. The van der Waals surface area contributed by atoms with Crippen LogP contribution in [-0.2, 0) is 14.3 Å². The van der Waals surface area contributed by atoms with Gasteiger partial charge in [-0.2, -0.15) is 5.10 Å². The summed E-state index contributed by atoms with van der Waals surface area (Å²) in [5.74, 6) is -1.74. The van der Waals surface area contributed by atoms with Crippen LogP contribution in [0.4, 0.5) is 18.9 Å². The average Bonchev–Trinajstić information content (AvgIpc) is 3.74. The third kappa shape index (κ3) is 6.54. The van der Waals surface area contributed by atoms with E-state index in [1.165, 1.54) is 25.3 Å². The number of anilines is 1. The molecule has 2 amide bonds. The minimum atomic E-state index is -1.14. The van der Waals surface area contributed by atoms with Crippen molar-refractivity contribution >= 4 is 34.0 Å². The molecular weight excluding hydrogens is 635 g/mol. The van der Waals surface area contributed by atoms with Crippen LogP contribution in [0.3, 0.4) is 0 Å². The first-order valence-electron chi connectivity index (χ1n) is 15.8. The van der Waals surface area contributed by atoms with Gasteiger partial charge in [-0.05, 0) is 78.6 Å². The Morgan fingerprint density at radius 1 is 0.959 bits per heavy atom. The molecule has 2 aromatic heterocycles. The first kappa shape index (κ1) is 32.2. The molecule has 3 aromatic carbocycles. The van der Waals surface area contributed by atoms with E-state index in [-0.39, 0.29) is 42.1 Å². The Bertz CT molecular complexity index is 2070. The van der Waals surface area contributed by atoms with Gasteiger partial charge in [-0.1, -0.05) is 12.1 Å². The van der Waals surface area contributed by atoms with Crippen molar-refractivity contribution in [2.24, 2.45) is 0 Å². The summed E-state index contributed by atoms with van der Waals surface area (Å²) in [7, 11) is 1.50.